The van der Waals surface area contributed by atoms with Gasteiger partial charge in [0.15, 0.2) is 22.8 Å². The van der Waals surface area contributed by atoms with Crippen LogP contribution in [-0.4, -0.2) is 68.0 Å². The highest BCUT2D eigenvalue weighted by Crippen LogP contribution is 2.72. The van der Waals surface area contributed by atoms with Gasteiger partial charge < -0.3 is 5.11 Å². The third-order valence-corrected chi connectivity index (χ3v) is 11.4. The summed E-state index contributed by atoms with van der Waals surface area (Å²) in [4.78, 5) is 32.7. The van der Waals surface area contributed by atoms with Crippen LogP contribution >= 0.6 is 11.6 Å². The number of halogens is 3. The first kappa shape index (κ1) is 28.9. The number of anilines is 1. The maximum atomic E-state index is 17.6. The molecule has 0 aromatic heterocycles. The Kier molecular flexibility index (Phi) is 6.46. The highest BCUT2D eigenvalue weighted by molar-refractivity contribution is 7.86. The molecule has 1 N–H and O–H groups in total. The smallest absolute Gasteiger partial charge is 0.264 e. The second kappa shape index (κ2) is 9.16. The summed E-state index contributed by atoms with van der Waals surface area (Å²) >= 11 is 6.05. The fraction of sp³-hybridized carbons (Fsp3) is 0.586. The van der Waals surface area contributed by atoms with Gasteiger partial charge in [0, 0.05) is 27.7 Å². The number of allylic oxidation sites excluding steroid dienone is 4. The highest BCUT2D eigenvalue weighted by atomic mass is 35.5. The standard InChI is InChI=1S/C29H32ClF2NO7S/c1-26-9-8-19(34)11-22(26)23(31)12-21-20-10-16-14-33(18-6-4-17(30)5-7-18)40-29(16,25(36)15-39-41(3,37)38)27(20,2)13-24(35)28(21,26)32/h4-9,11,16,20-21,23-24,35H,10,12-15H2,1-3H3/t16-,20-,21-,23-,24-,26-,27-,28-,29-/m0/s1. The molecule has 12 heteroatoms. The number of hydroxylamine groups is 1. The quantitative estimate of drug-likeness (QED) is 0.499. The van der Waals surface area contributed by atoms with Gasteiger partial charge >= 0.3 is 0 Å². The van der Waals surface area contributed by atoms with Gasteiger partial charge in [0.25, 0.3) is 10.1 Å². The topological polar surface area (TPSA) is 110 Å². The first-order valence-electron chi connectivity index (χ1n) is 13.6. The largest absolute Gasteiger partial charge is 0.390 e. The molecule has 3 saturated carbocycles. The predicted octanol–water partition coefficient (Wildman–Crippen LogP) is 3.92. The van der Waals surface area contributed by atoms with Crippen molar-refractivity contribution in [2.24, 2.45) is 28.6 Å². The zero-order chi connectivity index (χ0) is 29.8. The molecule has 1 saturated heterocycles. The van der Waals surface area contributed by atoms with Crippen molar-refractivity contribution in [1.29, 1.82) is 0 Å². The lowest BCUT2D eigenvalue weighted by atomic mass is 9.44. The van der Waals surface area contributed by atoms with Gasteiger partial charge in [-0.25, -0.2) is 8.78 Å². The lowest BCUT2D eigenvalue weighted by Crippen LogP contribution is -2.70. The number of aliphatic hydroxyl groups excluding tert-OH is 1. The van der Waals surface area contributed by atoms with Gasteiger partial charge in [-0.1, -0.05) is 24.6 Å². The first-order valence-corrected chi connectivity index (χ1v) is 15.8. The third-order valence-electron chi connectivity index (χ3n) is 10.6. The van der Waals surface area contributed by atoms with Gasteiger partial charge in [-0.2, -0.15) is 8.42 Å². The number of aliphatic hydroxyl groups is 1. The summed E-state index contributed by atoms with van der Waals surface area (Å²) in [7, 11) is -3.98. The number of Topliss-reactive ketones (excluding diaryl/α,β-unsaturated/α-hetero) is 1. The predicted molar refractivity (Wildman–Crippen MR) is 146 cm³/mol. The highest BCUT2D eigenvalue weighted by Gasteiger charge is 2.79. The summed E-state index contributed by atoms with van der Waals surface area (Å²) in [6.07, 6.45) is 1.09. The van der Waals surface area contributed by atoms with Crippen LogP contribution in [0.4, 0.5) is 14.5 Å². The Morgan fingerprint density at radius 2 is 1.90 bits per heavy atom. The first-order chi connectivity index (χ1) is 19.1. The van der Waals surface area contributed by atoms with Crippen molar-refractivity contribution >= 4 is 39.0 Å². The molecular weight excluding hydrogens is 580 g/mol. The molecule has 1 aliphatic heterocycles. The molecule has 41 heavy (non-hydrogen) atoms. The average molecular weight is 612 g/mol. The number of fused-ring (bicyclic) bond motifs is 7. The SMILES string of the molecule is C[C@]12C=CC(=O)C=C1[C@@H](F)C[C@H]1[C@@H]3C[C@H]4CN(c5ccc(Cl)cc5)O[C@@]4(C(=O)COS(C)(=O)=O)[C@@]3(C)C[C@H](O)[C@@]12F. The summed E-state index contributed by atoms with van der Waals surface area (Å²) in [5, 5.41) is 13.7. The minimum absolute atomic E-state index is 0.0158. The zero-order valence-electron chi connectivity index (χ0n) is 22.8. The monoisotopic (exact) mass is 611 g/mol. The molecule has 0 spiro atoms. The molecule has 4 aliphatic carbocycles. The van der Waals surface area contributed by atoms with Crippen molar-refractivity contribution in [3.05, 3.63) is 53.1 Å². The van der Waals surface area contributed by atoms with Crippen LogP contribution in [-0.2, 0) is 28.7 Å². The Morgan fingerprint density at radius 1 is 1.22 bits per heavy atom. The van der Waals surface area contributed by atoms with Crippen molar-refractivity contribution in [2.45, 2.75) is 56.7 Å². The number of rotatable bonds is 5. The Labute approximate surface area is 242 Å². The van der Waals surface area contributed by atoms with Crippen LogP contribution in [0.1, 0.15) is 33.1 Å². The number of carbonyl (C=O) groups is 2. The van der Waals surface area contributed by atoms with Gasteiger partial charge in [0.1, 0.15) is 12.8 Å². The summed E-state index contributed by atoms with van der Waals surface area (Å²) in [6, 6.07) is 6.77. The maximum Gasteiger partial charge on any atom is 0.264 e. The van der Waals surface area contributed by atoms with E-state index in [9.17, 15) is 23.1 Å². The van der Waals surface area contributed by atoms with Gasteiger partial charge in [-0.05, 0) is 74.1 Å². The molecule has 0 bridgehead atoms. The lowest BCUT2D eigenvalue weighted by molar-refractivity contribution is -0.227. The summed E-state index contributed by atoms with van der Waals surface area (Å²) in [5.74, 6) is -3.22. The van der Waals surface area contributed by atoms with Crippen molar-refractivity contribution in [3.8, 4) is 0 Å². The Hall–Kier alpha value is -2.18. The molecule has 222 valence electrons. The molecule has 0 unspecified atom stereocenters. The van der Waals surface area contributed by atoms with E-state index in [1.807, 2.05) is 0 Å². The molecule has 5 aliphatic rings. The van der Waals surface area contributed by atoms with Gasteiger partial charge in [0.05, 0.1) is 24.6 Å². The van der Waals surface area contributed by atoms with E-state index >= 15 is 8.78 Å². The molecule has 8 nitrogen and oxygen atoms in total. The zero-order valence-corrected chi connectivity index (χ0v) is 24.4. The van der Waals surface area contributed by atoms with Crippen LogP contribution < -0.4 is 5.06 Å². The minimum atomic E-state index is -3.98. The Morgan fingerprint density at radius 3 is 2.56 bits per heavy atom. The summed E-state index contributed by atoms with van der Waals surface area (Å²) < 4.78 is 61.9. The van der Waals surface area contributed by atoms with E-state index in [-0.39, 0.29) is 31.4 Å². The fourth-order valence-corrected chi connectivity index (χ4v) is 9.22. The van der Waals surface area contributed by atoms with Crippen molar-refractivity contribution < 1.29 is 40.9 Å². The minimum Gasteiger partial charge on any atom is -0.390 e. The van der Waals surface area contributed by atoms with E-state index in [0.717, 1.165) is 12.3 Å². The number of benzene rings is 1. The normalized spacial score (nSPS) is 43.2. The Balaban J connectivity index is 1.44. The van der Waals surface area contributed by atoms with Gasteiger partial charge in [0.2, 0.25) is 0 Å². The molecule has 0 amide bonds. The van der Waals surface area contributed by atoms with Crippen LogP contribution in [0.3, 0.4) is 0 Å². The van der Waals surface area contributed by atoms with Crippen LogP contribution in [0.25, 0.3) is 0 Å². The van der Waals surface area contributed by atoms with Crippen LogP contribution in [0.15, 0.2) is 48.1 Å². The van der Waals surface area contributed by atoms with E-state index in [2.05, 4.69) is 0 Å². The molecule has 6 rings (SSSR count). The van der Waals surface area contributed by atoms with Crippen molar-refractivity contribution in [1.82, 2.24) is 0 Å². The molecule has 4 fully saturated rings. The second-order valence-corrected chi connectivity index (χ2v) is 14.6. The number of carbonyl (C=O) groups excluding carboxylic acids is 2. The fourth-order valence-electron chi connectivity index (χ4n) is 8.78. The van der Waals surface area contributed by atoms with Crippen molar-refractivity contribution in [2.75, 3.05) is 24.5 Å². The molecule has 1 aromatic carbocycles. The van der Waals surface area contributed by atoms with E-state index in [4.69, 9.17) is 20.6 Å². The molecule has 1 heterocycles. The van der Waals surface area contributed by atoms with Crippen LogP contribution in [0.2, 0.25) is 5.02 Å². The van der Waals surface area contributed by atoms with Crippen molar-refractivity contribution in [3.63, 3.8) is 0 Å². The number of hydrogen-bond donors (Lipinski definition) is 1. The summed E-state index contributed by atoms with van der Waals surface area (Å²) in [5.41, 5.74) is -6.13. The lowest BCUT2D eigenvalue weighted by Gasteiger charge is -2.63. The molecule has 0 radical (unpaired) electrons. The van der Waals surface area contributed by atoms with Crippen LogP contribution in [0, 0.1) is 28.6 Å². The van der Waals surface area contributed by atoms with Gasteiger partial charge in [-0.3, -0.25) is 23.7 Å². The van der Waals surface area contributed by atoms with E-state index in [1.54, 1.807) is 36.3 Å². The molecule has 9 atom stereocenters. The van der Waals surface area contributed by atoms with Gasteiger partial charge in [-0.15, -0.1) is 0 Å². The summed E-state index contributed by atoms with van der Waals surface area (Å²) in [6.45, 7) is 2.68. The third kappa shape index (κ3) is 3.88. The molecular formula is C29H32ClF2NO7S. The number of hydrogen-bond acceptors (Lipinski definition) is 8. The number of ketones is 2. The van der Waals surface area contributed by atoms with E-state index in [0.29, 0.717) is 10.7 Å². The second-order valence-electron chi connectivity index (χ2n) is 12.5. The maximum absolute atomic E-state index is 17.6. The number of alkyl halides is 2. The van der Waals surface area contributed by atoms with E-state index in [1.165, 1.54) is 19.1 Å². The molecule has 1 aromatic rings. The number of nitrogens with zero attached hydrogens (tertiary/aromatic N) is 1. The van der Waals surface area contributed by atoms with E-state index < -0.39 is 80.4 Å². The van der Waals surface area contributed by atoms with Crippen LogP contribution in [0.5, 0.6) is 0 Å². The Bertz CT molecular complexity index is 1480. The average Bonchev–Trinajstić information content (AvgIpc) is 3.39.